The number of alkyl halides is 2. The maximum Gasteiger partial charge on any atom is 0.341 e. The number of aliphatic hydroxyl groups is 1. The number of carbonyl (C=O) groups is 1. The van der Waals surface area contributed by atoms with Gasteiger partial charge in [-0.3, -0.25) is 4.79 Å². The third-order valence-electron chi connectivity index (χ3n) is 2.51. The van der Waals surface area contributed by atoms with E-state index in [1.165, 1.54) is 12.1 Å². The molecule has 0 atom stereocenters. The van der Waals surface area contributed by atoms with Crippen molar-refractivity contribution < 1.29 is 27.1 Å². The normalized spacial score (nSPS) is 11.6. The minimum atomic E-state index is -4.61. The summed E-state index contributed by atoms with van der Waals surface area (Å²) < 4.78 is 47.0. The average molecular weight is 307 g/mol. The van der Waals surface area contributed by atoms with Crippen molar-refractivity contribution in [3.05, 3.63) is 24.3 Å². The molecule has 1 aromatic rings. The SMILES string of the molecule is O=C(CCCCO)Nc1ccc(S(=O)(=O)C(F)F)cc1. The lowest BCUT2D eigenvalue weighted by Gasteiger charge is -2.07. The van der Waals surface area contributed by atoms with Crippen LogP contribution in [0.25, 0.3) is 0 Å². The van der Waals surface area contributed by atoms with Crippen LogP contribution in [0.1, 0.15) is 19.3 Å². The summed E-state index contributed by atoms with van der Waals surface area (Å²) in [4.78, 5) is 11.0. The van der Waals surface area contributed by atoms with Crippen molar-refractivity contribution in [3.8, 4) is 0 Å². The molecule has 0 spiro atoms. The summed E-state index contributed by atoms with van der Waals surface area (Å²) in [7, 11) is -4.61. The highest BCUT2D eigenvalue weighted by Gasteiger charge is 2.26. The van der Waals surface area contributed by atoms with Crippen LogP contribution >= 0.6 is 0 Å². The molecule has 0 fully saturated rings. The number of aliphatic hydroxyl groups excluding tert-OH is 1. The second kappa shape index (κ2) is 7.30. The molecule has 1 amide bonds. The monoisotopic (exact) mass is 307 g/mol. The van der Waals surface area contributed by atoms with Gasteiger partial charge in [0.1, 0.15) is 0 Å². The quantitative estimate of drug-likeness (QED) is 0.752. The molecule has 0 aliphatic heterocycles. The summed E-state index contributed by atoms with van der Waals surface area (Å²) in [6.07, 6.45) is 1.26. The number of halogens is 2. The van der Waals surface area contributed by atoms with E-state index in [9.17, 15) is 22.0 Å². The van der Waals surface area contributed by atoms with Crippen LogP contribution < -0.4 is 5.32 Å². The summed E-state index contributed by atoms with van der Waals surface area (Å²) in [5.74, 6) is -3.76. The number of rotatable bonds is 7. The minimum Gasteiger partial charge on any atom is -0.396 e. The Morgan fingerprint density at radius 2 is 1.80 bits per heavy atom. The number of unbranched alkanes of at least 4 members (excludes halogenated alkanes) is 1. The molecule has 8 heteroatoms. The Morgan fingerprint density at radius 1 is 1.20 bits per heavy atom. The van der Waals surface area contributed by atoms with Gasteiger partial charge in [0.15, 0.2) is 0 Å². The van der Waals surface area contributed by atoms with E-state index >= 15 is 0 Å². The zero-order chi connectivity index (χ0) is 15.2. The Balaban J connectivity index is 2.66. The maximum absolute atomic E-state index is 12.3. The van der Waals surface area contributed by atoms with E-state index in [4.69, 9.17) is 5.11 Å². The second-order valence-electron chi connectivity index (χ2n) is 4.06. The lowest BCUT2D eigenvalue weighted by atomic mass is 10.2. The van der Waals surface area contributed by atoms with Gasteiger partial charge < -0.3 is 10.4 Å². The van der Waals surface area contributed by atoms with Crippen LogP contribution in [0.15, 0.2) is 29.2 Å². The number of carbonyl (C=O) groups excluding carboxylic acids is 1. The maximum atomic E-state index is 12.3. The van der Waals surface area contributed by atoms with Crippen LogP contribution in [0, 0.1) is 0 Å². The standard InChI is InChI=1S/C12H15F2NO4S/c13-12(14)20(18,19)10-6-4-9(5-7-10)15-11(17)3-1-2-8-16/h4-7,12,16H,1-3,8H2,(H,15,17). The fraction of sp³-hybridized carbons (Fsp3) is 0.417. The van der Waals surface area contributed by atoms with Gasteiger partial charge in [-0.25, -0.2) is 8.42 Å². The molecule has 0 aliphatic rings. The lowest BCUT2D eigenvalue weighted by molar-refractivity contribution is -0.116. The molecule has 0 aromatic heterocycles. The molecule has 0 unspecified atom stereocenters. The molecule has 0 saturated heterocycles. The minimum absolute atomic E-state index is 0.00741. The zero-order valence-corrected chi connectivity index (χ0v) is 11.4. The van der Waals surface area contributed by atoms with Crippen LogP contribution in [0.4, 0.5) is 14.5 Å². The Morgan fingerprint density at radius 3 is 2.30 bits per heavy atom. The molecule has 2 N–H and O–H groups in total. The molecular formula is C12H15F2NO4S. The molecule has 112 valence electrons. The molecule has 5 nitrogen and oxygen atoms in total. The first kappa shape index (κ1) is 16.5. The van der Waals surface area contributed by atoms with Gasteiger partial charge in [-0.1, -0.05) is 0 Å². The Labute approximate surface area is 115 Å². The van der Waals surface area contributed by atoms with Crippen molar-refractivity contribution in [3.63, 3.8) is 0 Å². The van der Waals surface area contributed by atoms with E-state index in [1.807, 2.05) is 0 Å². The Bertz CT molecular complexity index is 543. The molecule has 0 radical (unpaired) electrons. The van der Waals surface area contributed by atoms with Gasteiger partial charge in [0, 0.05) is 18.7 Å². The number of nitrogens with one attached hydrogen (secondary N) is 1. The first-order chi connectivity index (χ1) is 9.37. The van der Waals surface area contributed by atoms with Gasteiger partial charge in [-0.05, 0) is 37.1 Å². The zero-order valence-electron chi connectivity index (χ0n) is 10.6. The molecule has 0 bridgehead atoms. The van der Waals surface area contributed by atoms with Gasteiger partial charge in [0.05, 0.1) is 4.90 Å². The molecule has 1 aromatic carbocycles. The van der Waals surface area contributed by atoms with Gasteiger partial charge in [-0.2, -0.15) is 8.78 Å². The smallest absolute Gasteiger partial charge is 0.341 e. The second-order valence-corrected chi connectivity index (χ2v) is 5.98. The van der Waals surface area contributed by atoms with Crippen LogP contribution in [-0.2, 0) is 14.6 Å². The summed E-state index contributed by atoms with van der Waals surface area (Å²) in [6.45, 7) is 0.00741. The van der Waals surface area contributed by atoms with Gasteiger partial charge in [0.25, 0.3) is 0 Å². The largest absolute Gasteiger partial charge is 0.396 e. The summed E-state index contributed by atoms with van der Waals surface area (Å²) in [6, 6.07) is 4.54. The predicted molar refractivity (Wildman–Crippen MR) is 69.2 cm³/mol. The molecular weight excluding hydrogens is 292 g/mol. The van der Waals surface area contributed by atoms with Gasteiger partial charge in [-0.15, -0.1) is 0 Å². The van der Waals surface area contributed by atoms with E-state index in [0.29, 0.717) is 18.5 Å². The predicted octanol–water partition coefficient (Wildman–Crippen LogP) is 1.78. The highest BCUT2D eigenvalue weighted by molar-refractivity contribution is 7.91. The van der Waals surface area contributed by atoms with E-state index in [0.717, 1.165) is 12.1 Å². The third-order valence-corrected chi connectivity index (χ3v) is 3.91. The highest BCUT2D eigenvalue weighted by Crippen LogP contribution is 2.20. The van der Waals surface area contributed by atoms with E-state index in [2.05, 4.69) is 5.32 Å². The summed E-state index contributed by atoms with van der Waals surface area (Å²) in [5.41, 5.74) is 0.326. The van der Waals surface area contributed by atoms with Gasteiger partial charge in [0.2, 0.25) is 15.7 Å². The molecule has 0 saturated carbocycles. The highest BCUT2D eigenvalue weighted by atomic mass is 32.2. The van der Waals surface area contributed by atoms with Crippen molar-refractivity contribution in [1.82, 2.24) is 0 Å². The van der Waals surface area contributed by atoms with Crippen molar-refractivity contribution >= 4 is 21.4 Å². The third kappa shape index (κ3) is 4.53. The molecule has 20 heavy (non-hydrogen) atoms. The fourth-order valence-electron chi connectivity index (χ4n) is 1.45. The van der Waals surface area contributed by atoms with Crippen LogP contribution in [0.3, 0.4) is 0 Å². The number of sulfone groups is 1. The molecule has 1 rings (SSSR count). The molecule has 0 heterocycles. The lowest BCUT2D eigenvalue weighted by Crippen LogP contribution is -2.13. The van der Waals surface area contributed by atoms with Crippen LogP contribution in [0.2, 0.25) is 0 Å². The van der Waals surface area contributed by atoms with Crippen molar-refractivity contribution in [2.24, 2.45) is 0 Å². The Hall–Kier alpha value is -1.54. The van der Waals surface area contributed by atoms with Crippen LogP contribution in [0.5, 0.6) is 0 Å². The first-order valence-corrected chi connectivity index (χ1v) is 7.45. The number of benzene rings is 1. The van der Waals surface area contributed by atoms with Crippen LogP contribution in [-0.4, -0.2) is 31.8 Å². The van der Waals surface area contributed by atoms with Crippen molar-refractivity contribution in [1.29, 1.82) is 0 Å². The van der Waals surface area contributed by atoms with Crippen molar-refractivity contribution in [2.45, 2.75) is 29.9 Å². The van der Waals surface area contributed by atoms with E-state index < -0.39 is 20.5 Å². The fourth-order valence-corrected chi connectivity index (χ4v) is 2.17. The van der Waals surface area contributed by atoms with E-state index in [-0.39, 0.29) is 18.9 Å². The van der Waals surface area contributed by atoms with E-state index in [1.54, 1.807) is 0 Å². The number of hydrogen-bond donors (Lipinski definition) is 2. The Kier molecular flexibility index (Phi) is 6.03. The number of anilines is 1. The van der Waals surface area contributed by atoms with Crippen molar-refractivity contribution in [2.75, 3.05) is 11.9 Å². The summed E-state index contributed by atoms with van der Waals surface area (Å²) in [5, 5.41) is 11.1. The molecule has 0 aliphatic carbocycles. The number of hydrogen-bond acceptors (Lipinski definition) is 4. The average Bonchev–Trinajstić information content (AvgIpc) is 2.39. The first-order valence-electron chi connectivity index (χ1n) is 5.90. The topological polar surface area (TPSA) is 83.5 Å². The number of amides is 1. The summed E-state index contributed by atoms with van der Waals surface area (Å²) >= 11 is 0. The van der Waals surface area contributed by atoms with Gasteiger partial charge >= 0.3 is 5.76 Å².